The first-order chi connectivity index (χ1) is 9.86. The van der Waals surface area contributed by atoms with E-state index in [0.717, 1.165) is 17.7 Å². The summed E-state index contributed by atoms with van der Waals surface area (Å²) in [5, 5.41) is 0. The zero-order chi connectivity index (χ0) is 16.0. The highest BCUT2D eigenvalue weighted by Gasteiger charge is 2.47. The Kier molecular flexibility index (Phi) is 6.55. The maximum Gasteiger partial charge on any atom is 0.258 e. The van der Waals surface area contributed by atoms with Crippen molar-refractivity contribution in [3.05, 3.63) is 29.8 Å². The summed E-state index contributed by atoms with van der Waals surface area (Å²) in [6.07, 6.45) is 0.870. The summed E-state index contributed by atoms with van der Waals surface area (Å²) in [7, 11) is -1.91. The molecular formula is C19H30OSi. The molecule has 0 aromatic heterocycles. The highest BCUT2D eigenvalue weighted by atomic mass is 28.4. The fourth-order valence-electron chi connectivity index (χ4n) is 3.39. The summed E-state index contributed by atoms with van der Waals surface area (Å²) < 4.78 is 6.75. The largest absolute Gasteiger partial charge is 0.542 e. The fraction of sp³-hybridized carbons (Fsp3) is 0.579. The molecule has 116 valence electrons. The van der Waals surface area contributed by atoms with Crippen molar-refractivity contribution in [2.24, 2.45) is 0 Å². The average Bonchev–Trinajstić information content (AvgIpc) is 2.42. The van der Waals surface area contributed by atoms with Gasteiger partial charge in [-0.05, 0) is 28.8 Å². The van der Waals surface area contributed by atoms with Crippen molar-refractivity contribution in [3.63, 3.8) is 0 Å². The molecule has 0 radical (unpaired) electrons. The molecule has 21 heavy (non-hydrogen) atoms. The van der Waals surface area contributed by atoms with Gasteiger partial charge in [-0.3, -0.25) is 0 Å². The average molecular weight is 303 g/mol. The smallest absolute Gasteiger partial charge is 0.258 e. The quantitative estimate of drug-likeness (QED) is 0.478. The van der Waals surface area contributed by atoms with Crippen LogP contribution in [0.2, 0.25) is 16.6 Å². The maximum atomic E-state index is 6.75. The molecule has 1 aromatic rings. The molecule has 0 atom stereocenters. The standard InChI is InChI=1S/C19H30OSi/c1-8-9-12-18-13-10-11-14-19(18)20-21(15(2)3,16(4)5)17(6)7/h10-11,13-17H,8H2,1-7H3. The van der Waals surface area contributed by atoms with Gasteiger partial charge >= 0.3 is 0 Å². The van der Waals surface area contributed by atoms with Gasteiger partial charge in [0.25, 0.3) is 8.32 Å². The van der Waals surface area contributed by atoms with Crippen molar-refractivity contribution in [1.29, 1.82) is 0 Å². The molecule has 1 rings (SSSR count). The van der Waals surface area contributed by atoms with Gasteiger partial charge in [-0.15, -0.1) is 0 Å². The first-order valence-corrected chi connectivity index (χ1v) is 10.3. The minimum Gasteiger partial charge on any atom is -0.542 e. The monoisotopic (exact) mass is 302 g/mol. The Bertz CT molecular complexity index is 484. The van der Waals surface area contributed by atoms with E-state index in [0.29, 0.717) is 16.6 Å². The van der Waals surface area contributed by atoms with Gasteiger partial charge in [-0.25, -0.2) is 0 Å². The molecular weight excluding hydrogens is 272 g/mol. The Morgan fingerprint density at radius 2 is 1.48 bits per heavy atom. The molecule has 0 aliphatic rings. The predicted octanol–water partition coefficient (Wildman–Crippen LogP) is 6.00. The van der Waals surface area contributed by atoms with Crippen molar-refractivity contribution in [2.75, 3.05) is 0 Å². The van der Waals surface area contributed by atoms with Crippen molar-refractivity contribution in [3.8, 4) is 17.6 Å². The SMILES string of the molecule is CCC#Cc1ccccc1O[Si](C(C)C)(C(C)C)C(C)C. The van der Waals surface area contributed by atoms with E-state index < -0.39 is 8.32 Å². The Hall–Kier alpha value is -1.20. The van der Waals surface area contributed by atoms with Crippen molar-refractivity contribution >= 4 is 8.32 Å². The number of benzene rings is 1. The summed E-state index contributed by atoms with van der Waals surface area (Å²) >= 11 is 0. The van der Waals surface area contributed by atoms with Gasteiger partial charge < -0.3 is 4.43 Å². The van der Waals surface area contributed by atoms with Crippen LogP contribution in [0, 0.1) is 11.8 Å². The van der Waals surface area contributed by atoms with E-state index in [4.69, 9.17) is 4.43 Å². The van der Waals surface area contributed by atoms with E-state index in [1.165, 1.54) is 0 Å². The van der Waals surface area contributed by atoms with E-state index >= 15 is 0 Å². The van der Waals surface area contributed by atoms with Crippen LogP contribution in [0.25, 0.3) is 0 Å². The Labute approximate surface area is 132 Å². The zero-order valence-corrected chi connectivity index (χ0v) is 15.7. The number of hydrogen-bond acceptors (Lipinski definition) is 1. The molecule has 0 heterocycles. The minimum absolute atomic E-state index is 0.574. The molecule has 1 aromatic carbocycles. The third kappa shape index (κ3) is 3.92. The second kappa shape index (κ2) is 7.71. The molecule has 0 saturated carbocycles. The van der Waals surface area contributed by atoms with E-state index in [1.807, 2.05) is 12.1 Å². The summed E-state index contributed by atoms with van der Waals surface area (Å²) in [4.78, 5) is 0. The van der Waals surface area contributed by atoms with Gasteiger partial charge in [0.2, 0.25) is 0 Å². The normalized spacial score (nSPS) is 11.7. The molecule has 2 heteroatoms. The predicted molar refractivity (Wildman–Crippen MR) is 95.3 cm³/mol. The van der Waals surface area contributed by atoms with Crippen LogP contribution < -0.4 is 4.43 Å². The molecule has 0 N–H and O–H groups in total. The topological polar surface area (TPSA) is 9.23 Å². The second-order valence-electron chi connectivity index (χ2n) is 6.57. The van der Waals surface area contributed by atoms with E-state index in [-0.39, 0.29) is 0 Å². The molecule has 0 saturated heterocycles. The Balaban J connectivity index is 3.28. The van der Waals surface area contributed by atoms with E-state index in [9.17, 15) is 0 Å². The summed E-state index contributed by atoms with van der Waals surface area (Å²) in [5.41, 5.74) is 2.75. The molecule has 0 aliphatic carbocycles. The summed E-state index contributed by atoms with van der Waals surface area (Å²) in [5.74, 6) is 7.39. The van der Waals surface area contributed by atoms with Crippen LogP contribution in [0.4, 0.5) is 0 Å². The third-order valence-electron chi connectivity index (χ3n) is 4.28. The first-order valence-electron chi connectivity index (χ1n) is 8.13. The van der Waals surface area contributed by atoms with Gasteiger partial charge in [0, 0.05) is 6.42 Å². The van der Waals surface area contributed by atoms with Gasteiger partial charge in [-0.1, -0.05) is 72.4 Å². The Morgan fingerprint density at radius 3 is 1.95 bits per heavy atom. The lowest BCUT2D eigenvalue weighted by molar-refractivity contribution is 0.478. The van der Waals surface area contributed by atoms with Crippen LogP contribution in [-0.4, -0.2) is 8.32 Å². The minimum atomic E-state index is -1.91. The lowest BCUT2D eigenvalue weighted by Crippen LogP contribution is -2.50. The first kappa shape index (κ1) is 17.8. The van der Waals surface area contributed by atoms with Gasteiger partial charge in [0.15, 0.2) is 0 Å². The molecule has 0 fully saturated rings. The maximum absolute atomic E-state index is 6.75. The molecule has 0 bridgehead atoms. The number of para-hydroxylation sites is 1. The van der Waals surface area contributed by atoms with Crippen molar-refractivity contribution in [1.82, 2.24) is 0 Å². The lowest BCUT2D eigenvalue weighted by Gasteiger charge is -2.42. The molecule has 0 amide bonds. The zero-order valence-electron chi connectivity index (χ0n) is 14.7. The van der Waals surface area contributed by atoms with Crippen LogP contribution in [0.3, 0.4) is 0 Å². The van der Waals surface area contributed by atoms with Gasteiger partial charge in [-0.2, -0.15) is 0 Å². The van der Waals surface area contributed by atoms with Gasteiger partial charge in [0.05, 0.1) is 5.56 Å². The van der Waals surface area contributed by atoms with Crippen LogP contribution in [0.5, 0.6) is 5.75 Å². The summed E-state index contributed by atoms with van der Waals surface area (Å²) in [6, 6.07) is 8.23. The summed E-state index contributed by atoms with van der Waals surface area (Å²) in [6.45, 7) is 15.9. The molecule has 0 spiro atoms. The highest BCUT2D eigenvalue weighted by molar-refractivity contribution is 6.78. The second-order valence-corrected chi connectivity index (χ2v) is 11.9. The van der Waals surface area contributed by atoms with Gasteiger partial charge in [0.1, 0.15) is 5.75 Å². The van der Waals surface area contributed by atoms with Crippen LogP contribution in [0.15, 0.2) is 24.3 Å². The molecule has 0 aliphatic heterocycles. The van der Waals surface area contributed by atoms with Crippen LogP contribution >= 0.6 is 0 Å². The molecule has 1 nitrogen and oxygen atoms in total. The fourth-order valence-corrected chi connectivity index (χ4v) is 8.65. The Morgan fingerprint density at radius 1 is 0.952 bits per heavy atom. The van der Waals surface area contributed by atoms with E-state index in [1.54, 1.807) is 0 Å². The lowest BCUT2D eigenvalue weighted by atomic mass is 10.2. The van der Waals surface area contributed by atoms with E-state index in [2.05, 4.69) is 72.4 Å². The van der Waals surface area contributed by atoms with Crippen LogP contribution in [-0.2, 0) is 0 Å². The highest BCUT2D eigenvalue weighted by Crippen LogP contribution is 2.43. The van der Waals surface area contributed by atoms with Crippen LogP contribution in [0.1, 0.15) is 60.5 Å². The third-order valence-corrected chi connectivity index (χ3v) is 10.3. The number of hydrogen-bond donors (Lipinski definition) is 0. The molecule has 0 unspecified atom stereocenters. The van der Waals surface area contributed by atoms with Crippen molar-refractivity contribution in [2.45, 2.75) is 71.5 Å². The van der Waals surface area contributed by atoms with Crippen molar-refractivity contribution < 1.29 is 4.43 Å². The number of rotatable bonds is 5.